The maximum Gasteiger partial charge on any atom is 0.222 e. The third kappa shape index (κ3) is 4.46. The molecule has 0 spiro atoms. The van der Waals surface area contributed by atoms with Gasteiger partial charge in [-0.25, -0.2) is 0 Å². The molecule has 0 aromatic heterocycles. The van der Waals surface area contributed by atoms with Crippen LogP contribution in [-0.4, -0.2) is 48.2 Å². The molecule has 2 fully saturated rings. The highest BCUT2D eigenvalue weighted by atomic mass is 16.3. The molecule has 0 saturated carbocycles. The van der Waals surface area contributed by atoms with E-state index in [1.165, 1.54) is 12.8 Å². The van der Waals surface area contributed by atoms with E-state index in [-0.39, 0.29) is 6.10 Å². The van der Waals surface area contributed by atoms with Gasteiger partial charge in [0.25, 0.3) is 0 Å². The van der Waals surface area contributed by atoms with E-state index in [1.807, 2.05) is 11.8 Å². The van der Waals surface area contributed by atoms with Crippen LogP contribution in [0.25, 0.3) is 0 Å². The first-order valence-electron chi connectivity index (χ1n) is 7.83. The summed E-state index contributed by atoms with van der Waals surface area (Å²) >= 11 is 0. The molecule has 1 amide bonds. The van der Waals surface area contributed by atoms with Gasteiger partial charge in [-0.1, -0.05) is 0 Å². The van der Waals surface area contributed by atoms with Gasteiger partial charge in [-0.3, -0.25) is 4.79 Å². The molecule has 2 N–H and O–H groups in total. The number of rotatable bonds is 4. The van der Waals surface area contributed by atoms with Crippen molar-refractivity contribution in [2.75, 3.05) is 26.2 Å². The van der Waals surface area contributed by atoms with E-state index in [9.17, 15) is 9.90 Å². The van der Waals surface area contributed by atoms with Crippen LogP contribution in [0, 0.1) is 11.8 Å². The number of aliphatic hydroxyl groups is 1. The molecule has 0 radical (unpaired) electrons. The quantitative estimate of drug-likeness (QED) is 0.810. The number of nitrogens with zero attached hydrogens (tertiary/aromatic N) is 1. The standard InChI is InChI=1S/C15H28N2O2/c1-12(18)14-6-10-17(11-7-14)15(19)3-2-13-4-8-16-9-5-13/h12-14,16,18H,2-11H2,1H3. The normalized spacial score (nSPS) is 24.4. The molecule has 4 heteroatoms. The zero-order valence-electron chi connectivity index (χ0n) is 12.1. The zero-order valence-corrected chi connectivity index (χ0v) is 12.1. The third-order valence-corrected chi connectivity index (χ3v) is 4.80. The van der Waals surface area contributed by atoms with Crippen LogP contribution < -0.4 is 5.32 Å². The molecular formula is C15H28N2O2. The summed E-state index contributed by atoms with van der Waals surface area (Å²) in [6.07, 6.45) is 5.88. The molecule has 110 valence electrons. The number of piperidine rings is 2. The number of nitrogens with one attached hydrogen (secondary N) is 1. The molecule has 0 aliphatic carbocycles. The topological polar surface area (TPSA) is 52.6 Å². The SMILES string of the molecule is CC(O)C1CCN(C(=O)CCC2CCNCC2)CC1. The van der Waals surface area contributed by atoms with E-state index >= 15 is 0 Å². The van der Waals surface area contributed by atoms with Crippen molar-refractivity contribution in [3.63, 3.8) is 0 Å². The molecule has 19 heavy (non-hydrogen) atoms. The van der Waals surface area contributed by atoms with Gasteiger partial charge in [0.1, 0.15) is 0 Å². The molecule has 0 aromatic carbocycles. The van der Waals surface area contributed by atoms with Crippen molar-refractivity contribution in [2.24, 2.45) is 11.8 Å². The number of likely N-dealkylation sites (tertiary alicyclic amines) is 1. The molecule has 0 bridgehead atoms. The minimum Gasteiger partial charge on any atom is -0.393 e. The van der Waals surface area contributed by atoms with Crippen LogP contribution in [-0.2, 0) is 4.79 Å². The number of hydrogen-bond acceptors (Lipinski definition) is 3. The van der Waals surface area contributed by atoms with Crippen LogP contribution in [0.4, 0.5) is 0 Å². The third-order valence-electron chi connectivity index (χ3n) is 4.80. The second-order valence-corrected chi connectivity index (χ2v) is 6.19. The van der Waals surface area contributed by atoms with Gasteiger partial charge in [0.05, 0.1) is 6.10 Å². The predicted molar refractivity (Wildman–Crippen MR) is 75.8 cm³/mol. The lowest BCUT2D eigenvalue weighted by Crippen LogP contribution is -2.41. The van der Waals surface area contributed by atoms with Crippen molar-refractivity contribution in [3.05, 3.63) is 0 Å². The highest BCUT2D eigenvalue weighted by Crippen LogP contribution is 2.23. The predicted octanol–water partition coefficient (Wildman–Crippen LogP) is 1.39. The van der Waals surface area contributed by atoms with Crippen LogP contribution in [0.15, 0.2) is 0 Å². The van der Waals surface area contributed by atoms with Crippen molar-refractivity contribution < 1.29 is 9.90 Å². The largest absolute Gasteiger partial charge is 0.393 e. The number of aliphatic hydroxyl groups excluding tert-OH is 1. The van der Waals surface area contributed by atoms with E-state index in [0.717, 1.165) is 51.4 Å². The minimum absolute atomic E-state index is 0.230. The molecule has 4 nitrogen and oxygen atoms in total. The zero-order chi connectivity index (χ0) is 13.7. The Morgan fingerprint density at radius 3 is 2.47 bits per heavy atom. The fraction of sp³-hybridized carbons (Fsp3) is 0.933. The van der Waals surface area contributed by atoms with Crippen molar-refractivity contribution in [3.8, 4) is 0 Å². The molecule has 2 saturated heterocycles. The summed E-state index contributed by atoms with van der Waals surface area (Å²) in [6.45, 7) is 5.75. The molecule has 2 rings (SSSR count). The number of amides is 1. The van der Waals surface area contributed by atoms with Crippen LogP contribution in [0.5, 0.6) is 0 Å². The molecule has 0 aromatic rings. The van der Waals surface area contributed by atoms with E-state index < -0.39 is 0 Å². The minimum atomic E-state index is -0.230. The van der Waals surface area contributed by atoms with Crippen LogP contribution in [0.1, 0.15) is 45.4 Å². The van der Waals surface area contributed by atoms with E-state index in [2.05, 4.69) is 5.32 Å². The summed E-state index contributed by atoms with van der Waals surface area (Å²) in [5.74, 6) is 1.44. The Labute approximate surface area is 116 Å². The van der Waals surface area contributed by atoms with E-state index in [1.54, 1.807) is 0 Å². The van der Waals surface area contributed by atoms with Crippen LogP contribution in [0.3, 0.4) is 0 Å². The second-order valence-electron chi connectivity index (χ2n) is 6.19. The van der Waals surface area contributed by atoms with Gasteiger partial charge in [-0.15, -0.1) is 0 Å². The summed E-state index contributed by atoms with van der Waals surface area (Å²) in [6, 6.07) is 0. The number of carbonyl (C=O) groups is 1. The molecule has 2 aliphatic rings. The highest BCUT2D eigenvalue weighted by Gasteiger charge is 2.25. The van der Waals surface area contributed by atoms with Gasteiger partial charge in [0.2, 0.25) is 5.91 Å². The van der Waals surface area contributed by atoms with Crippen molar-refractivity contribution in [1.29, 1.82) is 0 Å². The number of hydrogen-bond donors (Lipinski definition) is 2. The Hall–Kier alpha value is -0.610. The molecule has 1 unspecified atom stereocenters. The van der Waals surface area contributed by atoms with Crippen molar-refractivity contribution in [1.82, 2.24) is 10.2 Å². The molecule has 1 atom stereocenters. The number of carbonyl (C=O) groups excluding carboxylic acids is 1. The lowest BCUT2D eigenvalue weighted by atomic mass is 9.91. The highest BCUT2D eigenvalue weighted by molar-refractivity contribution is 5.76. The first kappa shape index (κ1) is 14.8. The van der Waals surface area contributed by atoms with E-state index in [0.29, 0.717) is 18.2 Å². The van der Waals surface area contributed by atoms with Gasteiger partial charge in [0.15, 0.2) is 0 Å². The summed E-state index contributed by atoms with van der Waals surface area (Å²) in [5, 5.41) is 12.9. The van der Waals surface area contributed by atoms with Gasteiger partial charge in [-0.2, -0.15) is 0 Å². The van der Waals surface area contributed by atoms with Gasteiger partial charge in [-0.05, 0) is 64.0 Å². The van der Waals surface area contributed by atoms with Crippen molar-refractivity contribution in [2.45, 2.75) is 51.6 Å². The Morgan fingerprint density at radius 2 is 1.89 bits per heavy atom. The summed E-state index contributed by atoms with van der Waals surface area (Å²) in [5.41, 5.74) is 0. The average Bonchev–Trinajstić information content (AvgIpc) is 2.46. The lowest BCUT2D eigenvalue weighted by Gasteiger charge is -2.33. The maximum absolute atomic E-state index is 12.2. The maximum atomic E-state index is 12.2. The van der Waals surface area contributed by atoms with Crippen LogP contribution >= 0.6 is 0 Å². The summed E-state index contributed by atoms with van der Waals surface area (Å²) in [7, 11) is 0. The fourth-order valence-corrected chi connectivity index (χ4v) is 3.29. The lowest BCUT2D eigenvalue weighted by molar-refractivity contribution is -0.133. The Morgan fingerprint density at radius 1 is 1.26 bits per heavy atom. The summed E-state index contributed by atoms with van der Waals surface area (Å²) in [4.78, 5) is 14.2. The smallest absolute Gasteiger partial charge is 0.222 e. The second kappa shape index (κ2) is 7.25. The Balaban J connectivity index is 1.66. The molecule has 2 heterocycles. The Bertz CT molecular complexity index is 280. The fourth-order valence-electron chi connectivity index (χ4n) is 3.29. The first-order valence-corrected chi connectivity index (χ1v) is 7.83. The Kier molecular flexibility index (Phi) is 5.64. The van der Waals surface area contributed by atoms with Crippen molar-refractivity contribution >= 4 is 5.91 Å². The van der Waals surface area contributed by atoms with Gasteiger partial charge < -0.3 is 15.3 Å². The monoisotopic (exact) mass is 268 g/mol. The first-order chi connectivity index (χ1) is 9.16. The van der Waals surface area contributed by atoms with Gasteiger partial charge >= 0.3 is 0 Å². The van der Waals surface area contributed by atoms with E-state index in [4.69, 9.17) is 0 Å². The summed E-state index contributed by atoms with van der Waals surface area (Å²) < 4.78 is 0. The van der Waals surface area contributed by atoms with Crippen LogP contribution in [0.2, 0.25) is 0 Å². The molecular weight excluding hydrogens is 240 g/mol. The average molecular weight is 268 g/mol. The van der Waals surface area contributed by atoms with Gasteiger partial charge in [0, 0.05) is 19.5 Å². The molecule has 2 aliphatic heterocycles.